The van der Waals surface area contributed by atoms with Crippen molar-refractivity contribution in [1.29, 1.82) is 0 Å². The van der Waals surface area contributed by atoms with Crippen LogP contribution in [0.4, 0.5) is 10.1 Å². The molecule has 0 radical (unpaired) electrons. The summed E-state index contributed by atoms with van der Waals surface area (Å²) in [5.74, 6) is -0.280. The Bertz CT molecular complexity index is 598. The molecule has 0 aliphatic heterocycles. The van der Waals surface area contributed by atoms with Crippen molar-refractivity contribution in [3.63, 3.8) is 0 Å². The van der Waals surface area contributed by atoms with Crippen molar-refractivity contribution in [3.05, 3.63) is 44.9 Å². The first-order chi connectivity index (χ1) is 9.02. The van der Waals surface area contributed by atoms with E-state index in [2.05, 4.69) is 26.3 Å². The van der Waals surface area contributed by atoms with Crippen LogP contribution in [0.3, 0.4) is 0 Å². The normalized spacial score (nSPS) is 10.8. The van der Waals surface area contributed by atoms with E-state index in [9.17, 15) is 4.39 Å². The average molecular weight is 347 g/mol. The summed E-state index contributed by atoms with van der Waals surface area (Å²) in [6.45, 7) is 2.56. The number of hydrogen-bond donors (Lipinski definition) is 1. The molecule has 0 saturated carbocycles. The van der Waals surface area contributed by atoms with E-state index < -0.39 is 0 Å². The van der Waals surface area contributed by atoms with Gasteiger partial charge in [0, 0.05) is 12.7 Å². The first-order valence-electron chi connectivity index (χ1n) is 5.92. The number of aromatic nitrogens is 2. The van der Waals surface area contributed by atoms with Crippen LogP contribution in [-0.2, 0) is 20.0 Å². The smallest absolute Gasteiger partial charge is 0.137 e. The van der Waals surface area contributed by atoms with Gasteiger partial charge in [-0.1, -0.05) is 18.5 Å². The molecule has 0 saturated heterocycles. The molecule has 0 atom stereocenters. The summed E-state index contributed by atoms with van der Waals surface area (Å²) >= 11 is 9.42. The summed E-state index contributed by atoms with van der Waals surface area (Å²) in [6.07, 6.45) is 0.800. The Morgan fingerprint density at radius 2 is 2.21 bits per heavy atom. The van der Waals surface area contributed by atoms with Gasteiger partial charge in [0.25, 0.3) is 0 Å². The second kappa shape index (κ2) is 5.92. The fourth-order valence-corrected chi connectivity index (χ4v) is 2.54. The molecule has 1 aromatic heterocycles. The number of halogens is 3. The van der Waals surface area contributed by atoms with Crippen molar-refractivity contribution >= 4 is 33.2 Å². The Balaban J connectivity index is 2.14. The first kappa shape index (κ1) is 14.3. The number of anilines is 1. The second-order valence-electron chi connectivity index (χ2n) is 4.17. The predicted molar refractivity (Wildman–Crippen MR) is 79.0 cm³/mol. The lowest BCUT2D eigenvalue weighted by atomic mass is 10.2. The zero-order chi connectivity index (χ0) is 14.0. The maximum atomic E-state index is 13.1. The van der Waals surface area contributed by atoms with E-state index in [-0.39, 0.29) is 5.82 Å². The number of benzene rings is 1. The van der Waals surface area contributed by atoms with Crippen LogP contribution < -0.4 is 5.32 Å². The van der Waals surface area contributed by atoms with Gasteiger partial charge in [0.2, 0.25) is 0 Å². The minimum absolute atomic E-state index is 0.280. The van der Waals surface area contributed by atoms with Crippen molar-refractivity contribution in [2.75, 3.05) is 5.32 Å². The molecule has 1 N–H and O–H groups in total. The molecule has 2 rings (SSSR count). The van der Waals surface area contributed by atoms with Gasteiger partial charge in [-0.2, -0.15) is 5.10 Å². The van der Waals surface area contributed by atoms with Gasteiger partial charge in [0.1, 0.15) is 5.82 Å². The summed E-state index contributed by atoms with van der Waals surface area (Å²) in [7, 11) is 1.86. The molecule has 0 fully saturated rings. The molecule has 6 heteroatoms. The average Bonchev–Trinajstić information content (AvgIpc) is 2.66. The van der Waals surface area contributed by atoms with E-state index in [0.29, 0.717) is 16.0 Å². The molecule has 0 bridgehead atoms. The first-order valence-corrected chi connectivity index (χ1v) is 7.09. The molecule has 0 spiro atoms. The fourth-order valence-electron chi connectivity index (χ4n) is 1.80. The van der Waals surface area contributed by atoms with E-state index in [1.165, 1.54) is 6.07 Å². The third-order valence-electron chi connectivity index (χ3n) is 2.88. The summed E-state index contributed by atoms with van der Waals surface area (Å²) in [4.78, 5) is 0. The lowest BCUT2D eigenvalue weighted by Crippen LogP contribution is -2.06. The third kappa shape index (κ3) is 3.09. The van der Waals surface area contributed by atoms with Crippen molar-refractivity contribution in [2.24, 2.45) is 7.05 Å². The lowest BCUT2D eigenvalue weighted by molar-refractivity contribution is 0.621. The highest BCUT2D eigenvalue weighted by atomic mass is 79.9. The Hall–Kier alpha value is -1.07. The van der Waals surface area contributed by atoms with Crippen LogP contribution in [0.5, 0.6) is 0 Å². The molecular formula is C13H14BrClFN3. The standard InChI is InChI=1S/C13H14BrClFN3/c1-3-11-13(15)12(19(2)18-11)7-17-8-4-5-10(16)9(14)6-8/h4-6,17H,3,7H2,1-2H3. The minimum Gasteiger partial charge on any atom is -0.379 e. The number of nitrogens with zero attached hydrogens (tertiary/aromatic N) is 2. The maximum Gasteiger partial charge on any atom is 0.137 e. The zero-order valence-electron chi connectivity index (χ0n) is 10.7. The maximum absolute atomic E-state index is 13.1. The van der Waals surface area contributed by atoms with Gasteiger partial charge in [0.15, 0.2) is 0 Å². The molecule has 0 amide bonds. The van der Waals surface area contributed by atoms with Crippen LogP contribution >= 0.6 is 27.5 Å². The molecule has 0 aliphatic rings. The molecule has 102 valence electrons. The molecule has 1 aromatic carbocycles. The van der Waals surface area contributed by atoms with Crippen molar-refractivity contribution in [2.45, 2.75) is 19.9 Å². The molecule has 0 aliphatic carbocycles. The Labute approximate surface area is 124 Å². The fraction of sp³-hybridized carbons (Fsp3) is 0.308. The quantitative estimate of drug-likeness (QED) is 0.901. The highest BCUT2D eigenvalue weighted by Gasteiger charge is 2.12. The van der Waals surface area contributed by atoms with E-state index in [4.69, 9.17) is 11.6 Å². The summed E-state index contributed by atoms with van der Waals surface area (Å²) in [6, 6.07) is 4.79. The van der Waals surface area contributed by atoms with Crippen molar-refractivity contribution in [3.8, 4) is 0 Å². The van der Waals surface area contributed by atoms with Crippen LogP contribution in [0.1, 0.15) is 18.3 Å². The van der Waals surface area contributed by atoms with Crippen LogP contribution in [0.2, 0.25) is 5.02 Å². The lowest BCUT2D eigenvalue weighted by Gasteiger charge is -2.08. The van der Waals surface area contributed by atoms with Gasteiger partial charge in [-0.25, -0.2) is 4.39 Å². The van der Waals surface area contributed by atoms with Crippen LogP contribution in [0.15, 0.2) is 22.7 Å². The van der Waals surface area contributed by atoms with Gasteiger partial charge in [-0.05, 0) is 40.5 Å². The Morgan fingerprint density at radius 3 is 2.79 bits per heavy atom. The molecule has 3 nitrogen and oxygen atoms in total. The SMILES string of the molecule is CCc1nn(C)c(CNc2ccc(F)c(Br)c2)c1Cl. The third-order valence-corrected chi connectivity index (χ3v) is 3.93. The highest BCUT2D eigenvalue weighted by molar-refractivity contribution is 9.10. The summed E-state index contributed by atoms with van der Waals surface area (Å²) in [5.41, 5.74) is 2.63. The molecular weight excluding hydrogens is 333 g/mol. The van der Waals surface area contributed by atoms with Crippen LogP contribution in [-0.4, -0.2) is 9.78 Å². The topological polar surface area (TPSA) is 29.9 Å². The number of rotatable bonds is 4. The van der Waals surface area contributed by atoms with E-state index >= 15 is 0 Å². The van der Waals surface area contributed by atoms with Crippen LogP contribution in [0.25, 0.3) is 0 Å². The molecule has 19 heavy (non-hydrogen) atoms. The van der Waals surface area contributed by atoms with Crippen LogP contribution in [0, 0.1) is 5.82 Å². The van der Waals surface area contributed by atoms with Gasteiger partial charge >= 0.3 is 0 Å². The zero-order valence-corrected chi connectivity index (χ0v) is 13.0. The monoisotopic (exact) mass is 345 g/mol. The highest BCUT2D eigenvalue weighted by Crippen LogP contribution is 2.23. The van der Waals surface area contributed by atoms with Gasteiger partial charge in [-0.15, -0.1) is 0 Å². The van der Waals surface area contributed by atoms with Gasteiger partial charge in [0.05, 0.1) is 27.4 Å². The van der Waals surface area contributed by atoms with Crippen molar-refractivity contribution in [1.82, 2.24) is 9.78 Å². The van der Waals surface area contributed by atoms with Gasteiger partial charge in [-0.3, -0.25) is 4.68 Å². The molecule has 0 unspecified atom stereocenters. The molecule has 1 heterocycles. The summed E-state index contributed by atoms with van der Waals surface area (Å²) < 4.78 is 15.3. The number of aryl methyl sites for hydroxylation is 2. The summed E-state index contributed by atoms with van der Waals surface area (Å²) in [5, 5.41) is 8.25. The van der Waals surface area contributed by atoms with E-state index in [0.717, 1.165) is 23.5 Å². The van der Waals surface area contributed by atoms with Gasteiger partial charge < -0.3 is 5.32 Å². The predicted octanol–water partition coefficient (Wildman–Crippen LogP) is 4.15. The molecule has 2 aromatic rings. The Kier molecular flexibility index (Phi) is 4.47. The van der Waals surface area contributed by atoms with E-state index in [1.807, 2.05) is 14.0 Å². The number of hydrogen-bond acceptors (Lipinski definition) is 2. The minimum atomic E-state index is -0.280. The van der Waals surface area contributed by atoms with Crippen molar-refractivity contribution < 1.29 is 4.39 Å². The Morgan fingerprint density at radius 1 is 1.47 bits per heavy atom. The number of nitrogens with one attached hydrogen (secondary N) is 1. The largest absolute Gasteiger partial charge is 0.379 e. The van der Waals surface area contributed by atoms with E-state index in [1.54, 1.807) is 16.8 Å². The second-order valence-corrected chi connectivity index (χ2v) is 5.40.